The number of carboxylic acids is 1. The van der Waals surface area contributed by atoms with Crippen molar-refractivity contribution in [1.29, 1.82) is 0 Å². The molecule has 6 heteroatoms. The van der Waals surface area contributed by atoms with E-state index in [0.717, 1.165) is 6.54 Å². The second-order valence-electron chi connectivity index (χ2n) is 5.02. The third kappa shape index (κ3) is 2.85. The molecular weight excluding hydrogens is 258 g/mol. The lowest BCUT2D eigenvalue weighted by molar-refractivity contribution is -0.143. The predicted octanol–water partition coefficient (Wildman–Crippen LogP) is 0.739. The second kappa shape index (κ2) is 6.09. The van der Waals surface area contributed by atoms with E-state index in [1.165, 1.54) is 0 Å². The summed E-state index contributed by atoms with van der Waals surface area (Å²) in [5.41, 5.74) is 0.701. The van der Waals surface area contributed by atoms with Crippen molar-refractivity contribution in [3.8, 4) is 0 Å². The van der Waals surface area contributed by atoms with Gasteiger partial charge in [-0.1, -0.05) is 0 Å². The van der Waals surface area contributed by atoms with Crippen LogP contribution in [0.25, 0.3) is 0 Å². The normalized spacial score (nSPS) is 18.0. The number of hydrogen-bond donors (Lipinski definition) is 1. The van der Waals surface area contributed by atoms with Gasteiger partial charge in [-0.05, 0) is 26.0 Å². The summed E-state index contributed by atoms with van der Waals surface area (Å²) in [6.45, 7) is 6.81. The molecule has 6 nitrogen and oxygen atoms in total. The molecule has 2 rings (SSSR count). The number of rotatable bonds is 4. The molecule has 1 aromatic rings. The number of carbonyl (C=O) groups excluding carboxylic acids is 1. The molecule has 0 aliphatic carbocycles. The van der Waals surface area contributed by atoms with Gasteiger partial charge in [0, 0.05) is 38.9 Å². The SMILES string of the molecule is CCn1cccc1C(=O)N1CCN(C(C)C(=O)O)CC1. The maximum Gasteiger partial charge on any atom is 0.320 e. The Labute approximate surface area is 118 Å². The zero-order chi connectivity index (χ0) is 14.7. The quantitative estimate of drug-likeness (QED) is 0.883. The van der Waals surface area contributed by atoms with Crippen molar-refractivity contribution in [2.75, 3.05) is 26.2 Å². The van der Waals surface area contributed by atoms with Crippen LogP contribution in [0.15, 0.2) is 18.3 Å². The minimum absolute atomic E-state index is 0.0273. The van der Waals surface area contributed by atoms with Gasteiger partial charge in [0.1, 0.15) is 11.7 Å². The second-order valence-corrected chi connectivity index (χ2v) is 5.02. The summed E-state index contributed by atoms with van der Waals surface area (Å²) in [5.74, 6) is -0.788. The highest BCUT2D eigenvalue weighted by molar-refractivity contribution is 5.92. The Hall–Kier alpha value is -1.82. The van der Waals surface area contributed by atoms with E-state index in [1.807, 2.05) is 34.7 Å². The average molecular weight is 279 g/mol. The van der Waals surface area contributed by atoms with Gasteiger partial charge in [0.25, 0.3) is 5.91 Å². The first-order valence-electron chi connectivity index (χ1n) is 6.96. The summed E-state index contributed by atoms with van der Waals surface area (Å²) in [7, 11) is 0. The van der Waals surface area contributed by atoms with Gasteiger partial charge in [-0.15, -0.1) is 0 Å². The van der Waals surface area contributed by atoms with Crippen molar-refractivity contribution in [1.82, 2.24) is 14.4 Å². The Morgan fingerprint density at radius 2 is 1.95 bits per heavy atom. The highest BCUT2D eigenvalue weighted by Gasteiger charge is 2.28. The highest BCUT2D eigenvalue weighted by atomic mass is 16.4. The molecule has 1 saturated heterocycles. The van der Waals surface area contributed by atoms with E-state index in [1.54, 1.807) is 11.8 Å². The van der Waals surface area contributed by atoms with Gasteiger partial charge in [-0.2, -0.15) is 0 Å². The van der Waals surface area contributed by atoms with Gasteiger partial charge in [-0.25, -0.2) is 0 Å². The molecule has 1 unspecified atom stereocenters. The standard InChI is InChI=1S/C14H21N3O3/c1-3-15-6-4-5-12(15)13(18)17-9-7-16(8-10-17)11(2)14(19)20/h4-6,11H,3,7-10H2,1-2H3,(H,19,20). The Morgan fingerprint density at radius 1 is 1.30 bits per heavy atom. The summed E-state index contributed by atoms with van der Waals surface area (Å²) in [4.78, 5) is 27.1. The van der Waals surface area contributed by atoms with Crippen LogP contribution in [0.1, 0.15) is 24.3 Å². The molecular formula is C14H21N3O3. The molecule has 0 saturated carbocycles. The fraction of sp³-hybridized carbons (Fsp3) is 0.571. The van der Waals surface area contributed by atoms with Crippen LogP contribution in [0, 0.1) is 0 Å². The van der Waals surface area contributed by atoms with Crippen molar-refractivity contribution < 1.29 is 14.7 Å². The van der Waals surface area contributed by atoms with E-state index in [0.29, 0.717) is 31.9 Å². The molecule has 0 bridgehead atoms. The third-order valence-corrected chi connectivity index (χ3v) is 3.90. The Morgan fingerprint density at radius 3 is 2.50 bits per heavy atom. The first-order chi connectivity index (χ1) is 9.54. The van der Waals surface area contributed by atoms with Crippen LogP contribution >= 0.6 is 0 Å². The van der Waals surface area contributed by atoms with Crippen molar-refractivity contribution >= 4 is 11.9 Å². The molecule has 1 fully saturated rings. The number of nitrogens with zero attached hydrogens (tertiary/aromatic N) is 3. The lowest BCUT2D eigenvalue weighted by atomic mass is 10.2. The van der Waals surface area contributed by atoms with Crippen molar-refractivity contribution in [3.63, 3.8) is 0 Å². The summed E-state index contributed by atoms with van der Waals surface area (Å²) < 4.78 is 1.93. The summed E-state index contributed by atoms with van der Waals surface area (Å²) in [6, 6.07) is 3.21. The van der Waals surface area contributed by atoms with E-state index in [9.17, 15) is 9.59 Å². The van der Waals surface area contributed by atoms with Crippen LogP contribution in [-0.2, 0) is 11.3 Å². The van der Waals surface area contributed by atoms with Gasteiger partial charge in [0.15, 0.2) is 0 Å². The Kier molecular flexibility index (Phi) is 4.44. The molecule has 1 aromatic heterocycles. The number of aryl methyl sites for hydroxylation is 1. The van der Waals surface area contributed by atoms with Crippen molar-refractivity contribution in [3.05, 3.63) is 24.0 Å². The maximum absolute atomic E-state index is 12.4. The fourth-order valence-corrected chi connectivity index (χ4v) is 2.51. The van der Waals surface area contributed by atoms with Gasteiger partial charge in [0.2, 0.25) is 0 Å². The minimum atomic E-state index is -0.815. The molecule has 2 heterocycles. The molecule has 1 aliphatic heterocycles. The molecule has 1 N–H and O–H groups in total. The van der Waals surface area contributed by atoms with Gasteiger partial charge in [-0.3, -0.25) is 14.5 Å². The molecule has 20 heavy (non-hydrogen) atoms. The highest BCUT2D eigenvalue weighted by Crippen LogP contribution is 2.12. The third-order valence-electron chi connectivity index (χ3n) is 3.90. The van der Waals surface area contributed by atoms with E-state index >= 15 is 0 Å². The zero-order valence-electron chi connectivity index (χ0n) is 12.0. The minimum Gasteiger partial charge on any atom is -0.480 e. The summed E-state index contributed by atoms with van der Waals surface area (Å²) >= 11 is 0. The van der Waals surface area contributed by atoms with Crippen LogP contribution in [0.4, 0.5) is 0 Å². The molecule has 1 aliphatic rings. The van der Waals surface area contributed by atoms with Crippen LogP contribution in [0.2, 0.25) is 0 Å². The Balaban J connectivity index is 1.97. The van der Waals surface area contributed by atoms with Crippen LogP contribution < -0.4 is 0 Å². The van der Waals surface area contributed by atoms with Crippen molar-refractivity contribution in [2.24, 2.45) is 0 Å². The summed E-state index contributed by atoms with van der Waals surface area (Å²) in [5, 5.41) is 9.00. The van der Waals surface area contributed by atoms with E-state index in [2.05, 4.69) is 0 Å². The molecule has 1 amide bonds. The monoisotopic (exact) mass is 279 g/mol. The maximum atomic E-state index is 12.4. The molecule has 0 radical (unpaired) electrons. The fourth-order valence-electron chi connectivity index (χ4n) is 2.51. The van der Waals surface area contributed by atoms with Gasteiger partial charge < -0.3 is 14.6 Å². The number of carbonyl (C=O) groups is 2. The first-order valence-corrected chi connectivity index (χ1v) is 6.96. The number of carboxylic acid groups (broad SMARTS) is 1. The largest absolute Gasteiger partial charge is 0.480 e. The molecule has 0 aromatic carbocycles. The number of piperazine rings is 1. The van der Waals surface area contributed by atoms with E-state index < -0.39 is 12.0 Å². The van der Waals surface area contributed by atoms with Gasteiger partial charge in [0.05, 0.1) is 0 Å². The van der Waals surface area contributed by atoms with Crippen LogP contribution in [0.3, 0.4) is 0 Å². The lowest BCUT2D eigenvalue weighted by Crippen LogP contribution is -2.53. The molecule has 1 atom stereocenters. The van der Waals surface area contributed by atoms with Crippen molar-refractivity contribution in [2.45, 2.75) is 26.4 Å². The first kappa shape index (κ1) is 14.6. The average Bonchev–Trinajstić information content (AvgIpc) is 2.94. The van der Waals surface area contributed by atoms with Crippen LogP contribution in [0.5, 0.6) is 0 Å². The molecule has 110 valence electrons. The van der Waals surface area contributed by atoms with E-state index in [-0.39, 0.29) is 5.91 Å². The lowest BCUT2D eigenvalue weighted by Gasteiger charge is -2.36. The number of aromatic nitrogens is 1. The topological polar surface area (TPSA) is 65.8 Å². The summed E-state index contributed by atoms with van der Waals surface area (Å²) in [6.07, 6.45) is 1.90. The molecule has 0 spiro atoms. The van der Waals surface area contributed by atoms with E-state index in [4.69, 9.17) is 5.11 Å². The van der Waals surface area contributed by atoms with Gasteiger partial charge >= 0.3 is 5.97 Å². The number of hydrogen-bond acceptors (Lipinski definition) is 3. The smallest absolute Gasteiger partial charge is 0.320 e. The number of amides is 1. The Bertz CT molecular complexity index is 490. The zero-order valence-corrected chi connectivity index (χ0v) is 12.0. The predicted molar refractivity (Wildman–Crippen MR) is 74.7 cm³/mol. The van der Waals surface area contributed by atoms with Crippen LogP contribution in [-0.4, -0.2) is 63.6 Å². The number of aliphatic carboxylic acids is 1.